The first-order valence-corrected chi connectivity index (χ1v) is 11.8. The van der Waals surface area contributed by atoms with E-state index in [4.69, 9.17) is 9.84 Å². The fraction of sp³-hybridized carbons (Fsp3) is 0.826. The highest BCUT2D eigenvalue weighted by Gasteiger charge is 2.32. The molecule has 162 valence electrons. The number of carbonyl (C=O) groups excluding carboxylic acids is 1. The molecule has 2 aliphatic carbocycles. The van der Waals surface area contributed by atoms with Gasteiger partial charge in [0.2, 0.25) is 0 Å². The van der Waals surface area contributed by atoms with Crippen LogP contribution in [-0.4, -0.2) is 59.0 Å². The summed E-state index contributed by atoms with van der Waals surface area (Å²) in [5.74, 6) is 0.620. The van der Waals surface area contributed by atoms with Crippen LogP contribution in [0.15, 0.2) is 0 Å². The molecule has 1 saturated carbocycles. The molecule has 1 aromatic rings. The minimum atomic E-state index is 0.0992. The van der Waals surface area contributed by atoms with Gasteiger partial charge in [0.05, 0.1) is 13.2 Å². The molecule has 0 aromatic carbocycles. The molecule has 1 amide bonds. The molecule has 1 atom stereocenters. The summed E-state index contributed by atoms with van der Waals surface area (Å²) in [5.41, 5.74) is 3.21. The summed E-state index contributed by atoms with van der Waals surface area (Å²) in [6, 6.07) is 1.12. The topological polar surface area (TPSA) is 59.4 Å². The van der Waals surface area contributed by atoms with Crippen LogP contribution in [0.2, 0.25) is 0 Å². The Hall–Kier alpha value is -1.40. The van der Waals surface area contributed by atoms with Crippen LogP contribution < -0.4 is 5.32 Å². The lowest BCUT2D eigenvalue weighted by Crippen LogP contribution is -2.43. The molecule has 0 spiro atoms. The molecule has 6 heteroatoms. The third kappa shape index (κ3) is 5.02. The number of rotatable bonds is 5. The van der Waals surface area contributed by atoms with E-state index in [1.807, 2.05) is 4.90 Å². The van der Waals surface area contributed by atoms with E-state index in [0.29, 0.717) is 50.0 Å². The molecule has 0 bridgehead atoms. The van der Waals surface area contributed by atoms with Crippen molar-refractivity contribution in [1.29, 1.82) is 0 Å². The second-order valence-corrected chi connectivity index (χ2v) is 9.55. The van der Waals surface area contributed by atoms with E-state index in [2.05, 4.69) is 23.8 Å². The zero-order chi connectivity index (χ0) is 20.2. The van der Waals surface area contributed by atoms with E-state index in [1.54, 1.807) is 0 Å². The van der Waals surface area contributed by atoms with Crippen molar-refractivity contribution in [2.24, 2.45) is 5.92 Å². The molecule has 2 fully saturated rings. The molecule has 1 N–H and O–H groups in total. The summed E-state index contributed by atoms with van der Waals surface area (Å²) in [4.78, 5) is 15.2. The molecular weight excluding hydrogens is 364 g/mol. The van der Waals surface area contributed by atoms with Crippen LogP contribution in [0, 0.1) is 5.92 Å². The van der Waals surface area contributed by atoms with E-state index < -0.39 is 0 Å². The van der Waals surface area contributed by atoms with Gasteiger partial charge in [0.1, 0.15) is 0 Å². The largest absolute Gasteiger partial charge is 0.378 e. The number of hydrogen-bond acceptors (Lipinski definition) is 4. The van der Waals surface area contributed by atoms with Gasteiger partial charge in [0, 0.05) is 43.0 Å². The van der Waals surface area contributed by atoms with Gasteiger partial charge in [0.15, 0.2) is 5.69 Å². The van der Waals surface area contributed by atoms with Crippen LogP contribution >= 0.6 is 0 Å². The first kappa shape index (κ1) is 20.9. The van der Waals surface area contributed by atoms with Gasteiger partial charge >= 0.3 is 0 Å². The van der Waals surface area contributed by atoms with Crippen molar-refractivity contribution in [2.75, 3.05) is 26.3 Å². The molecule has 6 nitrogen and oxygen atoms in total. The van der Waals surface area contributed by atoms with Crippen LogP contribution in [0.3, 0.4) is 0 Å². The van der Waals surface area contributed by atoms with Crippen molar-refractivity contribution in [3.8, 4) is 0 Å². The minimum Gasteiger partial charge on any atom is -0.378 e. The Balaban J connectivity index is 1.53. The Morgan fingerprint density at radius 3 is 2.52 bits per heavy atom. The van der Waals surface area contributed by atoms with Gasteiger partial charge < -0.3 is 15.0 Å². The molecule has 29 heavy (non-hydrogen) atoms. The van der Waals surface area contributed by atoms with E-state index >= 15 is 0 Å². The predicted octanol–water partition coefficient (Wildman–Crippen LogP) is 3.18. The van der Waals surface area contributed by atoms with Crippen molar-refractivity contribution in [3.63, 3.8) is 0 Å². The average Bonchev–Trinajstić information content (AvgIpc) is 2.89. The lowest BCUT2D eigenvalue weighted by atomic mass is 9.90. The van der Waals surface area contributed by atoms with Crippen LogP contribution in [-0.2, 0) is 24.1 Å². The number of ether oxygens (including phenoxy) is 1. The van der Waals surface area contributed by atoms with Crippen molar-refractivity contribution in [1.82, 2.24) is 20.0 Å². The number of nitrogens with zero attached hydrogens (tertiary/aromatic N) is 3. The first-order valence-electron chi connectivity index (χ1n) is 11.8. The monoisotopic (exact) mass is 402 g/mol. The number of aromatic nitrogens is 2. The zero-order valence-corrected chi connectivity index (χ0v) is 18.3. The van der Waals surface area contributed by atoms with Gasteiger partial charge in [-0.2, -0.15) is 5.10 Å². The van der Waals surface area contributed by atoms with Gasteiger partial charge in [-0.25, -0.2) is 0 Å². The van der Waals surface area contributed by atoms with E-state index in [9.17, 15) is 4.79 Å². The van der Waals surface area contributed by atoms with Crippen LogP contribution in [0.25, 0.3) is 0 Å². The summed E-state index contributed by atoms with van der Waals surface area (Å²) in [7, 11) is 0. The summed E-state index contributed by atoms with van der Waals surface area (Å²) in [6.45, 7) is 7.94. The summed E-state index contributed by atoms with van der Waals surface area (Å²) in [5, 5.41) is 8.81. The predicted molar refractivity (Wildman–Crippen MR) is 114 cm³/mol. The minimum absolute atomic E-state index is 0.0992. The summed E-state index contributed by atoms with van der Waals surface area (Å²) < 4.78 is 7.57. The van der Waals surface area contributed by atoms with Crippen LogP contribution in [0.1, 0.15) is 80.5 Å². The highest BCUT2D eigenvalue weighted by Crippen LogP contribution is 2.28. The Bertz CT molecular complexity index is 685. The standard InChI is InChI=1S/C23H38N4O2/c1-17(2)16-27-21-10-9-19(24-18-7-5-3-4-6-8-18)15-20(21)22(25-27)23(28)26-11-13-29-14-12-26/h17-19,24H,3-16H2,1-2H3/t19-/m0/s1. The third-order valence-electron chi connectivity index (χ3n) is 6.71. The number of nitrogens with one attached hydrogen (secondary N) is 1. The fourth-order valence-electron chi connectivity index (χ4n) is 5.19. The van der Waals surface area contributed by atoms with Gasteiger partial charge in [-0.3, -0.25) is 9.48 Å². The highest BCUT2D eigenvalue weighted by molar-refractivity contribution is 5.94. The fourth-order valence-corrected chi connectivity index (χ4v) is 5.19. The van der Waals surface area contributed by atoms with E-state index in [1.165, 1.54) is 49.8 Å². The number of fused-ring (bicyclic) bond motifs is 1. The second kappa shape index (κ2) is 9.61. The second-order valence-electron chi connectivity index (χ2n) is 9.55. The van der Waals surface area contributed by atoms with Crippen LogP contribution in [0.4, 0.5) is 0 Å². The third-order valence-corrected chi connectivity index (χ3v) is 6.71. The maximum atomic E-state index is 13.3. The molecule has 0 radical (unpaired) electrons. The SMILES string of the molecule is CC(C)Cn1nc(C(=O)N2CCOCC2)c2c1CC[C@H](NC1CCCCCC1)C2. The maximum Gasteiger partial charge on any atom is 0.274 e. The molecule has 0 unspecified atom stereocenters. The van der Waals surface area contributed by atoms with Crippen molar-refractivity contribution in [3.05, 3.63) is 17.0 Å². The molecule has 2 heterocycles. The van der Waals surface area contributed by atoms with Gasteiger partial charge in [0.25, 0.3) is 5.91 Å². The average molecular weight is 403 g/mol. The molecule has 1 aliphatic heterocycles. The van der Waals surface area contributed by atoms with Crippen molar-refractivity contribution < 1.29 is 9.53 Å². The molecule has 3 aliphatic rings. The summed E-state index contributed by atoms with van der Waals surface area (Å²) >= 11 is 0. The number of morpholine rings is 1. The molecular formula is C23H38N4O2. The summed E-state index contributed by atoms with van der Waals surface area (Å²) in [6.07, 6.45) is 11.2. The van der Waals surface area contributed by atoms with Gasteiger partial charge in [-0.15, -0.1) is 0 Å². The maximum absolute atomic E-state index is 13.3. The van der Waals surface area contributed by atoms with Gasteiger partial charge in [-0.1, -0.05) is 39.5 Å². The molecule has 1 aromatic heterocycles. The lowest BCUT2D eigenvalue weighted by Gasteiger charge is -2.30. The zero-order valence-electron chi connectivity index (χ0n) is 18.3. The normalized spacial score (nSPS) is 23.8. The van der Waals surface area contributed by atoms with E-state index in [0.717, 1.165) is 25.8 Å². The Kier molecular flexibility index (Phi) is 6.91. The Labute approximate surface area is 175 Å². The van der Waals surface area contributed by atoms with Crippen molar-refractivity contribution >= 4 is 5.91 Å². The molecule has 1 saturated heterocycles. The van der Waals surface area contributed by atoms with Gasteiger partial charge in [-0.05, 0) is 38.0 Å². The lowest BCUT2D eigenvalue weighted by molar-refractivity contribution is 0.0297. The van der Waals surface area contributed by atoms with Crippen LogP contribution in [0.5, 0.6) is 0 Å². The first-order chi connectivity index (χ1) is 14.1. The quantitative estimate of drug-likeness (QED) is 0.769. The van der Waals surface area contributed by atoms with Crippen molar-refractivity contribution in [2.45, 2.75) is 90.3 Å². The highest BCUT2D eigenvalue weighted by atomic mass is 16.5. The Morgan fingerprint density at radius 1 is 1.10 bits per heavy atom. The molecule has 4 rings (SSSR count). The number of carbonyl (C=O) groups is 1. The van der Waals surface area contributed by atoms with E-state index in [-0.39, 0.29) is 5.91 Å². The number of hydrogen-bond donors (Lipinski definition) is 1. The number of amides is 1. The smallest absolute Gasteiger partial charge is 0.274 e. The Morgan fingerprint density at radius 2 is 1.83 bits per heavy atom.